The van der Waals surface area contributed by atoms with E-state index in [1.165, 1.54) is 29.0 Å². The van der Waals surface area contributed by atoms with Crippen molar-refractivity contribution in [2.75, 3.05) is 38.0 Å². The lowest BCUT2D eigenvalue weighted by atomic mass is 10.1. The Bertz CT molecular complexity index is 955. The van der Waals surface area contributed by atoms with Gasteiger partial charge in [0.15, 0.2) is 5.13 Å². The van der Waals surface area contributed by atoms with Crippen LogP contribution in [-0.4, -0.2) is 58.4 Å². The standard InChI is InChI=1S/C22H24FN5OS/c23-19-3-1-17(2-4-19)13-20-14-25-22(30-20)26-21(29)16-28-11-9-27(10-12-28)15-18-5-7-24-8-6-18/h1-8,14H,9-13,15-16H2,(H,25,26,29). The fraction of sp³-hybridized carbons (Fsp3) is 0.318. The van der Waals surface area contributed by atoms with Crippen LogP contribution in [0.4, 0.5) is 9.52 Å². The molecule has 1 aliphatic heterocycles. The Hall–Kier alpha value is -2.68. The van der Waals surface area contributed by atoms with Crippen LogP contribution in [0.15, 0.2) is 55.0 Å². The van der Waals surface area contributed by atoms with Gasteiger partial charge >= 0.3 is 0 Å². The highest BCUT2D eigenvalue weighted by Gasteiger charge is 2.19. The predicted octanol–water partition coefficient (Wildman–Crippen LogP) is 3.02. The molecule has 1 aromatic carbocycles. The van der Waals surface area contributed by atoms with Gasteiger partial charge in [-0.25, -0.2) is 9.37 Å². The molecule has 0 bridgehead atoms. The average Bonchev–Trinajstić information content (AvgIpc) is 3.18. The topological polar surface area (TPSA) is 61.4 Å². The fourth-order valence-corrected chi connectivity index (χ4v) is 4.33. The first-order valence-electron chi connectivity index (χ1n) is 9.97. The number of nitrogens with zero attached hydrogens (tertiary/aromatic N) is 4. The Morgan fingerprint density at radius 3 is 2.43 bits per heavy atom. The van der Waals surface area contributed by atoms with Crippen molar-refractivity contribution in [1.29, 1.82) is 0 Å². The van der Waals surface area contributed by atoms with E-state index in [-0.39, 0.29) is 11.7 Å². The molecule has 0 aliphatic carbocycles. The highest BCUT2D eigenvalue weighted by Crippen LogP contribution is 2.21. The number of hydrogen-bond donors (Lipinski definition) is 1. The molecule has 3 heterocycles. The van der Waals surface area contributed by atoms with E-state index < -0.39 is 0 Å². The van der Waals surface area contributed by atoms with Crippen molar-refractivity contribution in [2.45, 2.75) is 13.0 Å². The number of carbonyl (C=O) groups is 1. The number of carbonyl (C=O) groups excluding carboxylic acids is 1. The molecule has 0 saturated carbocycles. The number of anilines is 1. The predicted molar refractivity (Wildman–Crippen MR) is 116 cm³/mol. The third kappa shape index (κ3) is 5.91. The van der Waals surface area contributed by atoms with E-state index in [0.717, 1.165) is 43.2 Å². The molecule has 1 aliphatic rings. The molecule has 2 aromatic heterocycles. The number of halogens is 1. The lowest BCUT2D eigenvalue weighted by Gasteiger charge is -2.34. The summed E-state index contributed by atoms with van der Waals surface area (Å²) in [5, 5.41) is 3.51. The van der Waals surface area contributed by atoms with Crippen molar-refractivity contribution in [1.82, 2.24) is 19.8 Å². The number of rotatable bonds is 7. The van der Waals surface area contributed by atoms with Crippen molar-refractivity contribution < 1.29 is 9.18 Å². The second-order valence-corrected chi connectivity index (χ2v) is 8.51. The number of benzene rings is 1. The van der Waals surface area contributed by atoms with Crippen molar-refractivity contribution in [3.05, 3.63) is 76.8 Å². The van der Waals surface area contributed by atoms with Crippen LogP contribution in [0.25, 0.3) is 0 Å². The van der Waals surface area contributed by atoms with Crippen LogP contribution in [0.3, 0.4) is 0 Å². The average molecular weight is 426 g/mol. The van der Waals surface area contributed by atoms with Gasteiger partial charge in [0.25, 0.3) is 0 Å². The van der Waals surface area contributed by atoms with E-state index in [1.807, 2.05) is 24.5 Å². The van der Waals surface area contributed by atoms with Gasteiger partial charge in [-0.3, -0.25) is 19.6 Å². The van der Waals surface area contributed by atoms with Crippen LogP contribution >= 0.6 is 11.3 Å². The molecule has 8 heteroatoms. The number of piperazine rings is 1. The molecule has 3 aromatic rings. The van der Waals surface area contributed by atoms with Gasteiger partial charge < -0.3 is 5.32 Å². The molecule has 0 radical (unpaired) electrons. The summed E-state index contributed by atoms with van der Waals surface area (Å²) in [5.41, 5.74) is 2.28. The first kappa shape index (κ1) is 20.6. The summed E-state index contributed by atoms with van der Waals surface area (Å²) in [7, 11) is 0. The number of amides is 1. The molecule has 6 nitrogen and oxygen atoms in total. The van der Waals surface area contributed by atoms with E-state index in [2.05, 4.69) is 25.1 Å². The van der Waals surface area contributed by atoms with E-state index in [4.69, 9.17) is 0 Å². The smallest absolute Gasteiger partial charge is 0.240 e. The van der Waals surface area contributed by atoms with Gasteiger partial charge in [-0.2, -0.15) is 0 Å². The number of aromatic nitrogens is 2. The highest BCUT2D eigenvalue weighted by atomic mass is 32.1. The Morgan fingerprint density at radius 1 is 1.00 bits per heavy atom. The van der Waals surface area contributed by atoms with Gasteiger partial charge in [0.2, 0.25) is 5.91 Å². The maximum atomic E-state index is 13.0. The second kappa shape index (κ2) is 9.88. The minimum atomic E-state index is -0.241. The quantitative estimate of drug-likeness (QED) is 0.631. The largest absolute Gasteiger partial charge is 0.301 e. The van der Waals surface area contributed by atoms with E-state index in [9.17, 15) is 9.18 Å². The normalized spacial score (nSPS) is 15.2. The van der Waals surface area contributed by atoms with Crippen molar-refractivity contribution >= 4 is 22.4 Å². The van der Waals surface area contributed by atoms with E-state index in [1.54, 1.807) is 18.3 Å². The summed E-state index contributed by atoms with van der Waals surface area (Å²) in [5.74, 6) is -0.283. The van der Waals surface area contributed by atoms with Gasteiger partial charge in [-0.15, -0.1) is 11.3 Å². The molecular formula is C22H24FN5OS. The Kier molecular flexibility index (Phi) is 6.78. The van der Waals surface area contributed by atoms with Crippen LogP contribution < -0.4 is 5.32 Å². The van der Waals surface area contributed by atoms with Crippen molar-refractivity contribution in [2.24, 2.45) is 0 Å². The zero-order valence-corrected chi connectivity index (χ0v) is 17.4. The second-order valence-electron chi connectivity index (χ2n) is 7.39. The highest BCUT2D eigenvalue weighted by molar-refractivity contribution is 7.15. The lowest BCUT2D eigenvalue weighted by molar-refractivity contribution is -0.117. The zero-order valence-electron chi connectivity index (χ0n) is 16.6. The number of hydrogen-bond acceptors (Lipinski definition) is 6. The SMILES string of the molecule is O=C(CN1CCN(Cc2ccncc2)CC1)Nc1ncc(Cc2ccc(F)cc2)s1. The molecule has 1 fully saturated rings. The summed E-state index contributed by atoms with van der Waals surface area (Å²) < 4.78 is 13.0. The van der Waals surface area contributed by atoms with Crippen LogP contribution in [0.1, 0.15) is 16.0 Å². The fourth-order valence-electron chi connectivity index (χ4n) is 3.46. The number of pyridine rings is 1. The molecule has 1 amide bonds. The first-order chi connectivity index (χ1) is 14.6. The van der Waals surface area contributed by atoms with Gasteiger partial charge in [0, 0.05) is 62.6 Å². The summed E-state index contributed by atoms with van der Waals surface area (Å²) in [6.45, 7) is 4.90. The summed E-state index contributed by atoms with van der Waals surface area (Å²) >= 11 is 1.46. The van der Waals surface area contributed by atoms with Gasteiger partial charge in [0.05, 0.1) is 6.54 Å². The Balaban J connectivity index is 1.21. The minimum Gasteiger partial charge on any atom is -0.301 e. The van der Waals surface area contributed by atoms with Crippen molar-refractivity contribution in [3.8, 4) is 0 Å². The summed E-state index contributed by atoms with van der Waals surface area (Å²) in [4.78, 5) is 26.4. The Morgan fingerprint density at radius 2 is 1.70 bits per heavy atom. The van der Waals surface area contributed by atoms with E-state index in [0.29, 0.717) is 18.1 Å². The molecule has 1 saturated heterocycles. The third-order valence-electron chi connectivity index (χ3n) is 5.08. The minimum absolute atomic E-state index is 0.0414. The summed E-state index contributed by atoms with van der Waals surface area (Å²) in [6, 6.07) is 10.5. The molecule has 156 valence electrons. The van der Waals surface area contributed by atoms with Crippen molar-refractivity contribution in [3.63, 3.8) is 0 Å². The van der Waals surface area contributed by atoms with Crippen LogP contribution in [0.5, 0.6) is 0 Å². The monoisotopic (exact) mass is 425 g/mol. The third-order valence-corrected chi connectivity index (χ3v) is 5.99. The maximum Gasteiger partial charge on any atom is 0.240 e. The van der Waals surface area contributed by atoms with Gasteiger partial charge in [0.1, 0.15) is 5.82 Å². The molecule has 4 rings (SSSR count). The van der Waals surface area contributed by atoms with Crippen LogP contribution in [-0.2, 0) is 17.8 Å². The van der Waals surface area contributed by atoms with Gasteiger partial charge in [-0.1, -0.05) is 12.1 Å². The number of nitrogens with one attached hydrogen (secondary N) is 1. The first-order valence-corrected chi connectivity index (χ1v) is 10.8. The lowest BCUT2D eigenvalue weighted by Crippen LogP contribution is -2.48. The van der Waals surface area contributed by atoms with E-state index >= 15 is 0 Å². The van der Waals surface area contributed by atoms with Crippen LogP contribution in [0.2, 0.25) is 0 Å². The molecular weight excluding hydrogens is 401 g/mol. The molecule has 1 N–H and O–H groups in total. The molecule has 0 spiro atoms. The molecule has 30 heavy (non-hydrogen) atoms. The molecule has 0 atom stereocenters. The molecule has 0 unspecified atom stereocenters. The maximum absolute atomic E-state index is 13.0. The number of thiazole rings is 1. The Labute approximate surface area is 179 Å². The summed E-state index contributed by atoms with van der Waals surface area (Å²) in [6.07, 6.45) is 6.08. The van der Waals surface area contributed by atoms with Crippen LogP contribution in [0, 0.1) is 5.82 Å². The zero-order chi connectivity index (χ0) is 20.8. The van der Waals surface area contributed by atoms with Gasteiger partial charge in [-0.05, 0) is 35.4 Å².